The molecule has 0 saturated carbocycles. The smallest absolute Gasteiger partial charge is 0.245 e. The fraction of sp³-hybridized carbons (Fsp3) is 0.364. The summed E-state index contributed by atoms with van der Waals surface area (Å²) < 4.78 is 34.8. The van der Waals surface area contributed by atoms with E-state index in [-0.39, 0.29) is 4.90 Å². The van der Waals surface area contributed by atoms with Crippen molar-refractivity contribution in [2.45, 2.75) is 17.7 Å². The number of aromatic nitrogens is 2. The summed E-state index contributed by atoms with van der Waals surface area (Å²) >= 11 is 0.999. The van der Waals surface area contributed by atoms with Crippen molar-refractivity contribution in [3.8, 4) is 0 Å². The Labute approximate surface area is 119 Å². The number of sulfonamides is 1. The van der Waals surface area contributed by atoms with Crippen LogP contribution in [0.1, 0.15) is 12.8 Å². The molecule has 9 heteroatoms. The van der Waals surface area contributed by atoms with Crippen molar-refractivity contribution in [2.24, 2.45) is 5.16 Å². The lowest BCUT2D eigenvalue weighted by atomic mass is 10.1. The molecule has 1 aliphatic heterocycles. The number of fused-ring (bicyclic) bond motifs is 1. The van der Waals surface area contributed by atoms with Crippen molar-refractivity contribution >= 4 is 38.5 Å². The van der Waals surface area contributed by atoms with Crippen LogP contribution in [0.25, 0.3) is 11.0 Å². The average molecular weight is 312 g/mol. The standard InChI is InChI=1S/C11H12N4O3S2/c16-12-8-4-6-15(7-5-8)20(17,18)10-3-1-2-9-11(10)14-19-13-9/h1-3,16H,4-7H2. The maximum atomic E-state index is 12.7. The molecule has 0 radical (unpaired) electrons. The summed E-state index contributed by atoms with van der Waals surface area (Å²) in [4.78, 5) is 0.188. The van der Waals surface area contributed by atoms with Gasteiger partial charge >= 0.3 is 0 Å². The first kappa shape index (κ1) is 13.4. The van der Waals surface area contributed by atoms with Crippen LogP contribution in [0.3, 0.4) is 0 Å². The van der Waals surface area contributed by atoms with Gasteiger partial charge < -0.3 is 5.21 Å². The Morgan fingerprint density at radius 1 is 1.25 bits per heavy atom. The minimum Gasteiger partial charge on any atom is -0.411 e. The fourth-order valence-electron chi connectivity index (χ4n) is 2.21. The van der Waals surface area contributed by atoms with Crippen LogP contribution in [0, 0.1) is 0 Å². The molecule has 1 saturated heterocycles. The van der Waals surface area contributed by atoms with Crippen LogP contribution < -0.4 is 0 Å². The highest BCUT2D eigenvalue weighted by Gasteiger charge is 2.30. The molecule has 0 amide bonds. The molecule has 2 heterocycles. The van der Waals surface area contributed by atoms with Gasteiger partial charge in [0.15, 0.2) is 0 Å². The Morgan fingerprint density at radius 3 is 2.70 bits per heavy atom. The van der Waals surface area contributed by atoms with Gasteiger partial charge in [0.05, 0.1) is 17.4 Å². The third kappa shape index (κ3) is 2.17. The van der Waals surface area contributed by atoms with Crippen LogP contribution in [0.5, 0.6) is 0 Å². The van der Waals surface area contributed by atoms with Crippen molar-refractivity contribution in [3.05, 3.63) is 18.2 Å². The van der Waals surface area contributed by atoms with Gasteiger partial charge in [-0.3, -0.25) is 0 Å². The first-order chi connectivity index (χ1) is 9.63. The quantitative estimate of drug-likeness (QED) is 0.666. The molecule has 7 nitrogen and oxygen atoms in total. The predicted octanol–water partition coefficient (Wildman–Crippen LogP) is 1.31. The lowest BCUT2D eigenvalue weighted by Crippen LogP contribution is -2.38. The van der Waals surface area contributed by atoms with Gasteiger partial charge in [0.25, 0.3) is 0 Å². The zero-order valence-corrected chi connectivity index (χ0v) is 12.1. The summed E-state index contributed by atoms with van der Waals surface area (Å²) in [6.07, 6.45) is 0.891. The molecule has 1 fully saturated rings. The average Bonchev–Trinajstić information content (AvgIpc) is 2.95. The molecule has 1 aliphatic rings. The lowest BCUT2D eigenvalue weighted by molar-refractivity contribution is 0.310. The number of piperidine rings is 1. The Kier molecular flexibility index (Phi) is 3.40. The van der Waals surface area contributed by atoms with Crippen molar-refractivity contribution in [1.82, 2.24) is 13.1 Å². The van der Waals surface area contributed by atoms with Gasteiger partial charge in [0.2, 0.25) is 10.0 Å². The highest BCUT2D eigenvalue weighted by atomic mass is 32.2. The van der Waals surface area contributed by atoms with Gasteiger partial charge in [-0.2, -0.15) is 13.1 Å². The minimum atomic E-state index is -3.59. The molecule has 106 valence electrons. The largest absolute Gasteiger partial charge is 0.411 e. The molecule has 0 bridgehead atoms. The summed E-state index contributed by atoms with van der Waals surface area (Å²) in [5.74, 6) is 0. The Morgan fingerprint density at radius 2 is 2.00 bits per heavy atom. The summed E-state index contributed by atoms with van der Waals surface area (Å²) in [6, 6.07) is 4.96. The molecule has 1 aromatic carbocycles. The van der Waals surface area contributed by atoms with E-state index in [0.29, 0.717) is 42.7 Å². The first-order valence-corrected chi connectivity index (χ1v) is 8.21. The maximum absolute atomic E-state index is 12.7. The van der Waals surface area contributed by atoms with E-state index in [1.807, 2.05) is 0 Å². The summed E-state index contributed by atoms with van der Waals surface area (Å²) in [5.41, 5.74) is 1.63. The number of hydrogen-bond donors (Lipinski definition) is 1. The van der Waals surface area contributed by atoms with Gasteiger partial charge in [-0.1, -0.05) is 11.2 Å². The fourth-order valence-corrected chi connectivity index (χ4v) is 4.41. The van der Waals surface area contributed by atoms with E-state index in [1.54, 1.807) is 18.2 Å². The monoisotopic (exact) mass is 312 g/mol. The summed E-state index contributed by atoms with van der Waals surface area (Å²) in [6.45, 7) is 0.630. The molecule has 0 unspecified atom stereocenters. The molecule has 1 aromatic heterocycles. The Balaban J connectivity index is 1.98. The van der Waals surface area contributed by atoms with Crippen LogP contribution in [0.4, 0.5) is 0 Å². The number of oxime groups is 1. The molecule has 3 rings (SSSR count). The topological polar surface area (TPSA) is 95.8 Å². The number of hydrogen-bond acceptors (Lipinski definition) is 7. The molecule has 0 atom stereocenters. The number of rotatable bonds is 2. The molecule has 0 aliphatic carbocycles. The maximum Gasteiger partial charge on any atom is 0.245 e. The second-order valence-corrected chi connectivity index (χ2v) is 6.89. The van der Waals surface area contributed by atoms with Gasteiger partial charge in [-0.15, -0.1) is 0 Å². The van der Waals surface area contributed by atoms with Gasteiger partial charge in [0, 0.05) is 25.9 Å². The van der Waals surface area contributed by atoms with E-state index >= 15 is 0 Å². The second kappa shape index (κ2) is 5.08. The van der Waals surface area contributed by atoms with Crippen molar-refractivity contribution < 1.29 is 13.6 Å². The second-order valence-electron chi connectivity index (χ2n) is 4.46. The molecule has 2 aromatic rings. The van der Waals surface area contributed by atoms with Crippen LogP contribution in [0.15, 0.2) is 28.3 Å². The van der Waals surface area contributed by atoms with E-state index < -0.39 is 10.0 Å². The van der Waals surface area contributed by atoms with Crippen molar-refractivity contribution in [2.75, 3.05) is 13.1 Å². The molecule has 0 spiro atoms. The normalized spacial score (nSPS) is 17.5. The van der Waals surface area contributed by atoms with Crippen LogP contribution in [-0.2, 0) is 10.0 Å². The van der Waals surface area contributed by atoms with Crippen LogP contribution in [0.2, 0.25) is 0 Å². The summed E-state index contributed by atoms with van der Waals surface area (Å²) in [5, 5.41) is 11.9. The van der Waals surface area contributed by atoms with E-state index in [4.69, 9.17) is 5.21 Å². The minimum absolute atomic E-state index is 0.188. The molecular formula is C11H12N4O3S2. The van der Waals surface area contributed by atoms with Crippen LogP contribution in [-0.4, -0.2) is 45.5 Å². The number of benzene rings is 1. The summed E-state index contributed by atoms with van der Waals surface area (Å²) in [7, 11) is -3.59. The third-order valence-corrected chi connectivity index (χ3v) is 5.78. The van der Waals surface area contributed by atoms with Crippen molar-refractivity contribution in [1.29, 1.82) is 0 Å². The Bertz CT molecular complexity index is 759. The van der Waals surface area contributed by atoms with E-state index in [9.17, 15) is 8.42 Å². The van der Waals surface area contributed by atoms with Gasteiger partial charge in [-0.25, -0.2) is 8.42 Å². The van der Waals surface area contributed by atoms with Gasteiger partial charge in [0.1, 0.15) is 15.9 Å². The van der Waals surface area contributed by atoms with Crippen molar-refractivity contribution in [3.63, 3.8) is 0 Å². The third-order valence-electron chi connectivity index (χ3n) is 3.31. The molecule has 1 N–H and O–H groups in total. The molecular weight excluding hydrogens is 300 g/mol. The molecule has 20 heavy (non-hydrogen) atoms. The SMILES string of the molecule is O=S(=O)(c1cccc2nsnc12)N1CCC(=NO)CC1. The van der Waals surface area contributed by atoms with E-state index in [2.05, 4.69) is 13.9 Å². The predicted molar refractivity (Wildman–Crippen MR) is 74.6 cm³/mol. The van der Waals surface area contributed by atoms with Crippen LogP contribution >= 0.6 is 11.7 Å². The first-order valence-electron chi connectivity index (χ1n) is 6.04. The highest BCUT2D eigenvalue weighted by molar-refractivity contribution is 7.89. The van der Waals surface area contributed by atoms with E-state index in [0.717, 1.165) is 11.7 Å². The highest BCUT2D eigenvalue weighted by Crippen LogP contribution is 2.25. The zero-order valence-electron chi connectivity index (χ0n) is 10.4. The lowest BCUT2D eigenvalue weighted by Gasteiger charge is -2.26. The number of nitrogens with zero attached hydrogens (tertiary/aromatic N) is 4. The Hall–Kier alpha value is -1.58. The zero-order chi connectivity index (χ0) is 14.2. The van der Waals surface area contributed by atoms with Gasteiger partial charge in [-0.05, 0) is 12.1 Å². The van der Waals surface area contributed by atoms with E-state index in [1.165, 1.54) is 4.31 Å².